The molecule has 3 heterocycles. The summed E-state index contributed by atoms with van der Waals surface area (Å²) in [5.74, 6) is 0.450. The predicted molar refractivity (Wildman–Crippen MR) is 180 cm³/mol. The van der Waals surface area contributed by atoms with E-state index in [2.05, 4.69) is 20.5 Å². The van der Waals surface area contributed by atoms with E-state index in [0.717, 1.165) is 36.0 Å². The Balaban J connectivity index is 1.27. The summed E-state index contributed by atoms with van der Waals surface area (Å²) in [4.78, 5) is 33.1. The fourth-order valence-electron chi connectivity index (χ4n) is 7.46. The molecule has 3 N–H and O–H groups in total. The van der Waals surface area contributed by atoms with Crippen LogP contribution in [0.25, 0.3) is 0 Å². The van der Waals surface area contributed by atoms with Gasteiger partial charge in [0.2, 0.25) is 5.91 Å². The van der Waals surface area contributed by atoms with Crippen molar-refractivity contribution in [3.8, 4) is 0 Å². The molecular formula is C38H48N4O5. The molecule has 1 aromatic heterocycles. The monoisotopic (exact) mass is 640 g/mol. The van der Waals surface area contributed by atoms with Gasteiger partial charge in [-0.25, -0.2) is 0 Å². The minimum atomic E-state index is -0.680. The van der Waals surface area contributed by atoms with E-state index < -0.39 is 6.29 Å². The van der Waals surface area contributed by atoms with Gasteiger partial charge in [-0.05, 0) is 87.8 Å². The van der Waals surface area contributed by atoms with Crippen molar-refractivity contribution in [3.05, 3.63) is 95.3 Å². The number of amides is 2. The summed E-state index contributed by atoms with van der Waals surface area (Å²) in [6.45, 7) is 6.72. The molecule has 0 radical (unpaired) electrons. The molecule has 2 aliphatic heterocycles. The number of likely N-dealkylation sites (tertiary alicyclic amines) is 1. The van der Waals surface area contributed by atoms with Gasteiger partial charge in [-0.2, -0.15) is 0 Å². The molecule has 6 atom stereocenters. The third-order valence-corrected chi connectivity index (χ3v) is 9.68. The predicted octanol–water partition coefficient (Wildman–Crippen LogP) is 6.31. The molecule has 3 aliphatic rings. The van der Waals surface area contributed by atoms with E-state index in [1.54, 1.807) is 18.3 Å². The van der Waals surface area contributed by atoms with Crippen LogP contribution in [0.5, 0.6) is 0 Å². The maximum Gasteiger partial charge on any atom is 0.257 e. The first kappa shape index (κ1) is 33.3. The molecule has 1 aliphatic carbocycles. The summed E-state index contributed by atoms with van der Waals surface area (Å²) in [6, 6.07) is 19.1. The highest BCUT2D eigenvalue weighted by atomic mass is 16.7. The van der Waals surface area contributed by atoms with E-state index in [9.17, 15) is 14.7 Å². The second-order valence-electron chi connectivity index (χ2n) is 14.3. The Bertz CT molecular complexity index is 1510. The van der Waals surface area contributed by atoms with Crippen molar-refractivity contribution in [2.45, 2.75) is 108 Å². The van der Waals surface area contributed by atoms with Gasteiger partial charge in [-0.15, -0.1) is 0 Å². The van der Waals surface area contributed by atoms with Crippen LogP contribution in [-0.4, -0.2) is 57.1 Å². The second-order valence-corrected chi connectivity index (χ2v) is 14.3. The van der Waals surface area contributed by atoms with E-state index >= 15 is 0 Å². The number of ether oxygens (including phenoxy) is 2. The van der Waals surface area contributed by atoms with E-state index in [1.807, 2.05) is 69.3 Å². The first-order valence-electron chi connectivity index (χ1n) is 17.1. The highest BCUT2D eigenvalue weighted by Gasteiger charge is 2.44. The molecule has 2 aromatic carbocycles. The molecule has 0 bridgehead atoms. The maximum atomic E-state index is 13.7. The normalized spacial score (nSPS) is 26.6. The zero-order chi connectivity index (χ0) is 33.0. The summed E-state index contributed by atoms with van der Waals surface area (Å²) in [6.07, 6.45) is 9.35. The van der Waals surface area contributed by atoms with Crippen LogP contribution in [-0.2, 0) is 20.9 Å². The van der Waals surface area contributed by atoms with Crippen molar-refractivity contribution in [1.82, 2.24) is 15.2 Å². The molecule has 1 saturated carbocycles. The van der Waals surface area contributed by atoms with E-state index in [1.165, 1.54) is 25.5 Å². The number of carbonyl (C=O) groups excluding carboxylic acids is 2. The Kier molecular flexibility index (Phi) is 10.4. The largest absolute Gasteiger partial charge is 0.392 e. The Hall–Kier alpha value is -3.63. The topological polar surface area (TPSA) is 113 Å². The van der Waals surface area contributed by atoms with Crippen LogP contribution in [0.3, 0.4) is 0 Å². The van der Waals surface area contributed by atoms with Crippen LogP contribution in [0, 0.1) is 5.92 Å². The molecular weight excluding hydrogens is 592 g/mol. The number of nitrogens with zero attached hydrogens (tertiary/aromatic N) is 2. The Labute approximate surface area is 278 Å². The second kappa shape index (κ2) is 14.6. The van der Waals surface area contributed by atoms with Crippen LogP contribution in [0.4, 0.5) is 5.69 Å². The van der Waals surface area contributed by atoms with Crippen molar-refractivity contribution in [2.24, 2.45) is 5.92 Å². The number of aliphatic hydroxyl groups excluding tert-OH is 1. The van der Waals surface area contributed by atoms with Gasteiger partial charge in [0.25, 0.3) is 5.91 Å². The van der Waals surface area contributed by atoms with Crippen LogP contribution in [0.1, 0.15) is 105 Å². The molecule has 3 fully saturated rings. The average Bonchev–Trinajstić information content (AvgIpc) is 3.08. The standard InChI is InChI=1S/C38H48N4O5/c1-38(2,3)41-36(45)33-18-17-26-8-4-5-12-32(26)42(33)23-31-21-34(27-15-13-25(24-43)14-16-27)47-37(46-31)28-9-6-11-30(20-28)40-35(44)29-10-7-19-39-22-29/h6-7,9-11,13-16,19-20,22,26,31-34,37,43H,4-5,8,12,17-18,21,23-24H2,1-3H3,(H,40,44)(H,41,45)/t26-,31+,32-,33-,34-,37-/m1/s1. The minimum Gasteiger partial charge on any atom is -0.392 e. The van der Waals surface area contributed by atoms with Crippen LogP contribution < -0.4 is 10.6 Å². The number of hydrogen-bond donors (Lipinski definition) is 3. The van der Waals surface area contributed by atoms with Crippen molar-refractivity contribution in [2.75, 3.05) is 11.9 Å². The number of anilines is 1. The summed E-state index contributed by atoms with van der Waals surface area (Å²) in [7, 11) is 0. The number of aliphatic hydroxyl groups is 1. The summed E-state index contributed by atoms with van der Waals surface area (Å²) >= 11 is 0. The number of carbonyl (C=O) groups is 2. The lowest BCUT2D eigenvalue weighted by atomic mass is 9.75. The number of piperidine rings is 1. The highest BCUT2D eigenvalue weighted by Crippen LogP contribution is 2.42. The molecule has 250 valence electrons. The number of nitrogens with one attached hydrogen (secondary N) is 2. The third kappa shape index (κ3) is 8.27. The van der Waals surface area contributed by atoms with Gasteiger partial charge in [0.15, 0.2) is 6.29 Å². The number of aromatic nitrogens is 1. The molecule has 2 saturated heterocycles. The van der Waals surface area contributed by atoms with Gasteiger partial charge in [0.1, 0.15) is 0 Å². The lowest BCUT2D eigenvalue weighted by Crippen LogP contribution is -2.61. The van der Waals surface area contributed by atoms with Crippen LogP contribution in [0.15, 0.2) is 73.1 Å². The van der Waals surface area contributed by atoms with Crippen molar-refractivity contribution < 1.29 is 24.2 Å². The Morgan fingerprint density at radius 1 is 0.957 bits per heavy atom. The van der Waals surface area contributed by atoms with Gasteiger partial charge in [-0.3, -0.25) is 19.5 Å². The highest BCUT2D eigenvalue weighted by molar-refractivity contribution is 6.04. The van der Waals surface area contributed by atoms with Gasteiger partial charge in [0, 0.05) is 48.2 Å². The quantitative estimate of drug-likeness (QED) is 0.265. The van der Waals surface area contributed by atoms with Gasteiger partial charge < -0.3 is 25.2 Å². The zero-order valence-electron chi connectivity index (χ0n) is 27.7. The fraction of sp³-hybridized carbons (Fsp3) is 0.500. The lowest BCUT2D eigenvalue weighted by Gasteiger charge is -2.50. The number of rotatable bonds is 8. The van der Waals surface area contributed by atoms with E-state index in [-0.39, 0.29) is 42.2 Å². The molecule has 0 spiro atoms. The average molecular weight is 641 g/mol. The van der Waals surface area contributed by atoms with Gasteiger partial charge >= 0.3 is 0 Å². The SMILES string of the molecule is CC(C)(C)NC(=O)[C@H]1CC[C@H]2CCCC[C@H]2N1C[C@@H]1C[C@H](c2ccc(CO)cc2)O[C@H](c2cccc(NC(=O)c3cccnc3)c2)O1. The van der Waals surface area contributed by atoms with Gasteiger partial charge in [-0.1, -0.05) is 49.2 Å². The van der Waals surface area contributed by atoms with Crippen LogP contribution in [0.2, 0.25) is 0 Å². The fourth-order valence-corrected chi connectivity index (χ4v) is 7.46. The molecule has 6 rings (SSSR count). The molecule has 0 unspecified atom stereocenters. The first-order chi connectivity index (χ1) is 22.7. The first-order valence-corrected chi connectivity index (χ1v) is 17.1. The summed E-state index contributed by atoms with van der Waals surface area (Å²) < 4.78 is 13.4. The summed E-state index contributed by atoms with van der Waals surface area (Å²) in [5, 5.41) is 15.9. The molecule has 9 nitrogen and oxygen atoms in total. The Morgan fingerprint density at radius 3 is 2.51 bits per heavy atom. The van der Waals surface area contributed by atoms with Crippen molar-refractivity contribution in [1.29, 1.82) is 0 Å². The minimum absolute atomic E-state index is 0.0206. The molecule has 9 heteroatoms. The molecule has 3 aromatic rings. The smallest absolute Gasteiger partial charge is 0.257 e. The van der Waals surface area contributed by atoms with Crippen molar-refractivity contribution in [3.63, 3.8) is 0 Å². The van der Waals surface area contributed by atoms with Crippen molar-refractivity contribution >= 4 is 17.5 Å². The summed E-state index contributed by atoms with van der Waals surface area (Å²) in [5.41, 5.74) is 3.45. The number of pyridine rings is 1. The lowest BCUT2D eigenvalue weighted by molar-refractivity contribution is -0.255. The molecule has 47 heavy (non-hydrogen) atoms. The van der Waals surface area contributed by atoms with Crippen LogP contribution >= 0.6 is 0 Å². The maximum absolute atomic E-state index is 13.7. The van der Waals surface area contributed by atoms with E-state index in [4.69, 9.17) is 9.47 Å². The van der Waals surface area contributed by atoms with Gasteiger partial charge in [0.05, 0.1) is 30.4 Å². The Morgan fingerprint density at radius 2 is 1.77 bits per heavy atom. The number of hydrogen-bond acceptors (Lipinski definition) is 7. The number of benzene rings is 2. The van der Waals surface area contributed by atoms with E-state index in [0.29, 0.717) is 36.2 Å². The molecule has 2 amide bonds. The zero-order valence-corrected chi connectivity index (χ0v) is 27.7. The third-order valence-electron chi connectivity index (χ3n) is 9.68. The number of fused-ring (bicyclic) bond motifs is 1.